The van der Waals surface area contributed by atoms with E-state index in [1.165, 1.54) is 0 Å². The summed E-state index contributed by atoms with van der Waals surface area (Å²) in [5, 5.41) is 0. The predicted octanol–water partition coefficient (Wildman–Crippen LogP) is 2.10. The Kier molecular flexibility index (Phi) is 2.27. The van der Waals surface area contributed by atoms with E-state index in [4.69, 9.17) is 5.73 Å². The van der Waals surface area contributed by atoms with Gasteiger partial charge in [-0.15, -0.1) is 0 Å². The lowest BCUT2D eigenvalue weighted by molar-refractivity contribution is -0.118. The molecule has 1 unspecified atom stereocenters. The van der Waals surface area contributed by atoms with Gasteiger partial charge in [-0.1, -0.05) is 42.5 Å². The summed E-state index contributed by atoms with van der Waals surface area (Å²) >= 11 is 0. The predicted molar refractivity (Wildman–Crippen MR) is 68.3 cm³/mol. The standard InChI is InChI=1S/C15H11NO2/c16-15(18)14-11-6-2-1-5-10(11)13-9(8-17)4-3-7-12(13)14/h1-8,14H,(H2,16,18). The summed E-state index contributed by atoms with van der Waals surface area (Å²) in [6, 6.07) is 13.0. The van der Waals surface area contributed by atoms with Gasteiger partial charge in [0, 0.05) is 5.56 Å². The molecule has 1 amide bonds. The zero-order valence-corrected chi connectivity index (χ0v) is 9.59. The minimum atomic E-state index is -0.448. The second-order valence-electron chi connectivity index (χ2n) is 4.35. The molecule has 1 aliphatic carbocycles. The molecule has 3 heteroatoms. The lowest BCUT2D eigenvalue weighted by atomic mass is 9.95. The van der Waals surface area contributed by atoms with Crippen molar-refractivity contribution in [2.24, 2.45) is 5.73 Å². The molecule has 18 heavy (non-hydrogen) atoms. The number of primary amides is 1. The van der Waals surface area contributed by atoms with Crippen molar-refractivity contribution < 1.29 is 9.59 Å². The Hall–Kier alpha value is -2.42. The fourth-order valence-corrected chi connectivity index (χ4v) is 2.69. The maximum atomic E-state index is 11.7. The van der Waals surface area contributed by atoms with Crippen molar-refractivity contribution in [3.63, 3.8) is 0 Å². The van der Waals surface area contributed by atoms with E-state index in [1.807, 2.05) is 30.3 Å². The first-order chi connectivity index (χ1) is 8.74. The molecule has 0 saturated heterocycles. The summed E-state index contributed by atoms with van der Waals surface area (Å²) in [6.45, 7) is 0. The van der Waals surface area contributed by atoms with Gasteiger partial charge in [-0.3, -0.25) is 9.59 Å². The summed E-state index contributed by atoms with van der Waals surface area (Å²) in [6.07, 6.45) is 0.818. The maximum absolute atomic E-state index is 11.7. The minimum absolute atomic E-state index is 0.385. The van der Waals surface area contributed by atoms with Crippen molar-refractivity contribution in [3.8, 4) is 11.1 Å². The van der Waals surface area contributed by atoms with Crippen LogP contribution in [0.4, 0.5) is 0 Å². The molecule has 0 radical (unpaired) electrons. The fourth-order valence-electron chi connectivity index (χ4n) is 2.69. The summed E-state index contributed by atoms with van der Waals surface area (Å²) in [5.41, 5.74) is 9.57. The van der Waals surface area contributed by atoms with Gasteiger partial charge in [0.2, 0.25) is 5.91 Å². The van der Waals surface area contributed by atoms with E-state index in [0.717, 1.165) is 28.5 Å². The van der Waals surface area contributed by atoms with Gasteiger partial charge in [0.05, 0.1) is 5.92 Å². The SMILES string of the molecule is NC(=O)C1c2ccccc2-c2c(C=O)cccc21. The molecule has 0 spiro atoms. The van der Waals surface area contributed by atoms with E-state index in [1.54, 1.807) is 12.1 Å². The third-order valence-electron chi connectivity index (χ3n) is 3.39. The Morgan fingerprint density at radius 3 is 2.50 bits per heavy atom. The molecule has 0 aliphatic heterocycles. The number of hydrogen-bond donors (Lipinski definition) is 1. The van der Waals surface area contributed by atoms with Gasteiger partial charge < -0.3 is 5.73 Å². The number of benzene rings is 2. The van der Waals surface area contributed by atoms with Crippen LogP contribution in [-0.2, 0) is 4.79 Å². The highest BCUT2D eigenvalue weighted by molar-refractivity contribution is 6.00. The van der Waals surface area contributed by atoms with Gasteiger partial charge in [-0.25, -0.2) is 0 Å². The Morgan fingerprint density at radius 1 is 1.06 bits per heavy atom. The average Bonchev–Trinajstić information content (AvgIpc) is 2.73. The van der Waals surface area contributed by atoms with Crippen LogP contribution in [0.15, 0.2) is 42.5 Å². The molecule has 0 saturated carbocycles. The molecule has 3 rings (SSSR count). The molecule has 3 nitrogen and oxygen atoms in total. The highest BCUT2D eigenvalue weighted by atomic mass is 16.1. The minimum Gasteiger partial charge on any atom is -0.369 e. The third-order valence-corrected chi connectivity index (χ3v) is 3.39. The molecular weight excluding hydrogens is 226 g/mol. The van der Waals surface area contributed by atoms with Crippen LogP contribution in [0.3, 0.4) is 0 Å². The first-order valence-electron chi connectivity index (χ1n) is 5.70. The quantitative estimate of drug-likeness (QED) is 0.813. The van der Waals surface area contributed by atoms with Crippen molar-refractivity contribution in [2.45, 2.75) is 5.92 Å². The van der Waals surface area contributed by atoms with Crippen LogP contribution in [-0.4, -0.2) is 12.2 Å². The van der Waals surface area contributed by atoms with Crippen LogP contribution in [0.5, 0.6) is 0 Å². The second-order valence-corrected chi connectivity index (χ2v) is 4.35. The Balaban J connectivity index is 2.39. The van der Waals surface area contributed by atoms with E-state index >= 15 is 0 Å². The lowest BCUT2D eigenvalue weighted by Gasteiger charge is -2.08. The second kappa shape index (κ2) is 3.81. The van der Waals surface area contributed by atoms with Gasteiger partial charge in [-0.05, 0) is 22.3 Å². The van der Waals surface area contributed by atoms with Crippen LogP contribution in [0.2, 0.25) is 0 Å². The zero-order chi connectivity index (χ0) is 12.7. The largest absolute Gasteiger partial charge is 0.369 e. The number of fused-ring (bicyclic) bond motifs is 3. The summed E-state index contributed by atoms with van der Waals surface area (Å²) < 4.78 is 0. The number of rotatable bonds is 2. The number of carbonyl (C=O) groups excluding carboxylic acids is 2. The molecule has 2 N–H and O–H groups in total. The van der Waals surface area contributed by atoms with Crippen LogP contribution in [0, 0.1) is 0 Å². The number of carbonyl (C=O) groups is 2. The van der Waals surface area contributed by atoms with Crippen LogP contribution in [0.1, 0.15) is 27.4 Å². The summed E-state index contributed by atoms with van der Waals surface area (Å²) in [4.78, 5) is 22.8. The number of aldehydes is 1. The maximum Gasteiger partial charge on any atom is 0.229 e. The normalized spacial score (nSPS) is 15.9. The van der Waals surface area contributed by atoms with Gasteiger partial charge >= 0.3 is 0 Å². The summed E-state index contributed by atoms with van der Waals surface area (Å²) in [7, 11) is 0. The molecule has 0 heterocycles. The number of amides is 1. The smallest absolute Gasteiger partial charge is 0.229 e. The van der Waals surface area contributed by atoms with Crippen molar-refractivity contribution in [2.75, 3.05) is 0 Å². The van der Waals surface area contributed by atoms with Crippen LogP contribution >= 0.6 is 0 Å². The Labute approximate surface area is 104 Å². The van der Waals surface area contributed by atoms with Crippen molar-refractivity contribution >= 4 is 12.2 Å². The fraction of sp³-hybridized carbons (Fsp3) is 0.0667. The van der Waals surface area contributed by atoms with Gasteiger partial charge in [0.1, 0.15) is 0 Å². The van der Waals surface area contributed by atoms with Crippen molar-refractivity contribution in [1.29, 1.82) is 0 Å². The molecular formula is C15H11NO2. The van der Waals surface area contributed by atoms with Gasteiger partial charge in [0.25, 0.3) is 0 Å². The van der Waals surface area contributed by atoms with Gasteiger partial charge in [0.15, 0.2) is 6.29 Å². The third kappa shape index (κ3) is 1.31. The molecule has 88 valence electrons. The molecule has 0 aromatic heterocycles. The number of nitrogens with two attached hydrogens (primary N) is 1. The van der Waals surface area contributed by atoms with E-state index in [0.29, 0.717) is 5.56 Å². The molecule has 1 atom stereocenters. The molecule has 2 aromatic rings. The van der Waals surface area contributed by atoms with E-state index in [2.05, 4.69) is 0 Å². The van der Waals surface area contributed by atoms with E-state index in [-0.39, 0.29) is 5.91 Å². The first kappa shape index (κ1) is 10.7. The average molecular weight is 237 g/mol. The topological polar surface area (TPSA) is 60.2 Å². The van der Waals surface area contributed by atoms with Crippen LogP contribution in [0.25, 0.3) is 11.1 Å². The van der Waals surface area contributed by atoms with Crippen LogP contribution < -0.4 is 5.73 Å². The monoisotopic (exact) mass is 237 g/mol. The molecule has 0 fully saturated rings. The summed E-state index contributed by atoms with van der Waals surface area (Å²) in [5.74, 6) is -0.833. The first-order valence-corrected chi connectivity index (χ1v) is 5.70. The van der Waals surface area contributed by atoms with E-state index < -0.39 is 5.92 Å². The molecule has 1 aliphatic rings. The Morgan fingerprint density at radius 2 is 1.78 bits per heavy atom. The highest BCUT2D eigenvalue weighted by Crippen LogP contribution is 2.45. The van der Waals surface area contributed by atoms with Crippen molar-refractivity contribution in [3.05, 3.63) is 59.2 Å². The molecule has 2 aromatic carbocycles. The van der Waals surface area contributed by atoms with Crippen molar-refractivity contribution in [1.82, 2.24) is 0 Å². The lowest BCUT2D eigenvalue weighted by Crippen LogP contribution is -2.20. The Bertz CT molecular complexity index is 661. The number of hydrogen-bond acceptors (Lipinski definition) is 2. The highest BCUT2D eigenvalue weighted by Gasteiger charge is 2.33. The zero-order valence-electron chi connectivity index (χ0n) is 9.59. The van der Waals surface area contributed by atoms with Gasteiger partial charge in [-0.2, -0.15) is 0 Å². The van der Waals surface area contributed by atoms with E-state index in [9.17, 15) is 9.59 Å². The molecule has 0 bridgehead atoms.